The van der Waals surface area contributed by atoms with Crippen LogP contribution in [-0.2, 0) is 4.79 Å². The van der Waals surface area contributed by atoms with E-state index in [0.29, 0.717) is 6.07 Å². The lowest BCUT2D eigenvalue weighted by Crippen LogP contribution is -2.43. The van der Waals surface area contributed by atoms with E-state index in [2.05, 4.69) is 0 Å². The largest absolute Gasteiger partial charge is 0.480 e. The highest BCUT2D eigenvalue weighted by Gasteiger charge is 2.22. The molecule has 0 saturated heterocycles. The van der Waals surface area contributed by atoms with Crippen LogP contribution in [0.5, 0.6) is 0 Å². The van der Waals surface area contributed by atoms with Gasteiger partial charge in [0.1, 0.15) is 11.6 Å². The van der Waals surface area contributed by atoms with Crippen molar-refractivity contribution in [2.24, 2.45) is 0 Å². The highest BCUT2D eigenvalue weighted by Crippen LogP contribution is 2.14. The summed E-state index contributed by atoms with van der Waals surface area (Å²) in [6, 6.07) is -0.0304. The lowest BCUT2D eigenvalue weighted by Gasteiger charge is -2.12. The number of carboxylic acids is 1. The summed E-state index contributed by atoms with van der Waals surface area (Å²) < 4.78 is 26.3. The van der Waals surface area contributed by atoms with E-state index in [1.165, 1.54) is 6.92 Å². The first-order valence-corrected chi connectivity index (χ1v) is 4.97. The van der Waals surface area contributed by atoms with Crippen molar-refractivity contribution in [1.82, 2.24) is 5.32 Å². The van der Waals surface area contributed by atoms with E-state index in [1.807, 2.05) is 5.32 Å². The molecule has 0 aliphatic heterocycles. The first kappa shape index (κ1) is 14.0. The number of amides is 1. The van der Waals surface area contributed by atoms with Crippen LogP contribution in [-0.4, -0.2) is 34.7 Å². The molecule has 0 aromatic heterocycles. The summed E-state index contributed by atoms with van der Waals surface area (Å²) in [5.74, 6) is -4.39. The van der Waals surface area contributed by atoms with Crippen LogP contribution < -0.4 is 5.32 Å². The number of carboxylic acid groups (broad SMARTS) is 1. The molecular weight excluding hydrogens is 248 g/mol. The Morgan fingerprint density at radius 2 is 1.94 bits per heavy atom. The van der Waals surface area contributed by atoms with Gasteiger partial charge in [0.2, 0.25) is 0 Å². The molecule has 7 heteroatoms. The number of nitrogens with one attached hydrogen (secondary N) is 1. The summed E-state index contributed by atoms with van der Waals surface area (Å²) in [6.45, 7) is 0.509. The third-order valence-corrected chi connectivity index (χ3v) is 2.28. The first-order valence-electron chi connectivity index (χ1n) is 4.97. The number of aliphatic carboxylic acids is 1. The Morgan fingerprint density at radius 1 is 1.33 bits per heavy atom. The van der Waals surface area contributed by atoms with E-state index < -0.39 is 41.7 Å². The van der Waals surface area contributed by atoms with E-state index in [9.17, 15) is 18.4 Å². The van der Waals surface area contributed by atoms with Crippen LogP contribution in [0.1, 0.15) is 15.9 Å². The molecule has 0 spiro atoms. The maximum absolute atomic E-state index is 13.3. The minimum Gasteiger partial charge on any atom is -0.480 e. The number of carbonyl (C=O) groups is 2. The van der Waals surface area contributed by atoms with Crippen molar-refractivity contribution in [2.75, 3.05) is 6.61 Å². The van der Waals surface area contributed by atoms with Gasteiger partial charge in [-0.05, 0) is 18.6 Å². The van der Waals surface area contributed by atoms with E-state index >= 15 is 0 Å². The average molecular weight is 259 g/mol. The minimum absolute atomic E-state index is 0.0532. The third-order valence-electron chi connectivity index (χ3n) is 2.28. The highest BCUT2D eigenvalue weighted by molar-refractivity contribution is 5.97. The van der Waals surface area contributed by atoms with Gasteiger partial charge in [-0.2, -0.15) is 0 Å². The van der Waals surface area contributed by atoms with E-state index in [-0.39, 0.29) is 5.56 Å². The molecule has 0 heterocycles. The zero-order valence-corrected chi connectivity index (χ0v) is 9.41. The molecule has 3 N–H and O–H groups in total. The number of rotatable bonds is 4. The van der Waals surface area contributed by atoms with Crippen molar-refractivity contribution < 1.29 is 28.6 Å². The standard InChI is InChI=1S/C11H11F2NO4/c1-5-2-6(8(13)3-7(5)12)10(16)14-9(4-15)11(17)18/h2-3,9,15H,4H2,1H3,(H,14,16)(H,17,18)/t9-/m1/s1. The summed E-state index contributed by atoms with van der Waals surface area (Å²) in [4.78, 5) is 22.1. The summed E-state index contributed by atoms with van der Waals surface area (Å²) in [5, 5.41) is 19.2. The number of aliphatic hydroxyl groups excluding tert-OH is 1. The number of benzene rings is 1. The summed E-state index contributed by atoms with van der Waals surface area (Å²) in [6.07, 6.45) is 0. The van der Waals surface area contributed by atoms with Gasteiger partial charge in [0, 0.05) is 6.07 Å². The second-order valence-corrected chi connectivity index (χ2v) is 3.63. The molecule has 0 bridgehead atoms. The number of hydrogen-bond donors (Lipinski definition) is 3. The van der Waals surface area contributed by atoms with Crippen LogP contribution in [0, 0.1) is 18.6 Å². The average Bonchev–Trinajstić information content (AvgIpc) is 2.29. The molecule has 0 fully saturated rings. The van der Waals surface area contributed by atoms with Crippen LogP contribution in [0.3, 0.4) is 0 Å². The number of carbonyl (C=O) groups excluding carboxylic acids is 1. The first-order chi connectivity index (χ1) is 8.36. The van der Waals surface area contributed by atoms with E-state index in [4.69, 9.17) is 10.2 Å². The van der Waals surface area contributed by atoms with Crippen molar-refractivity contribution in [3.8, 4) is 0 Å². The number of aryl methyl sites for hydroxylation is 1. The van der Waals surface area contributed by atoms with Gasteiger partial charge in [0.25, 0.3) is 5.91 Å². The van der Waals surface area contributed by atoms with Crippen LogP contribution in [0.2, 0.25) is 0 Å². The molecule has 98 valence electrons. The van der Waals surface area contributed by atoms with Gasteiger partial charge in [-0.1, -0.05) is 0 Å². The second-order valence-electron chi connectivity index (χ2n) is 3.63. The Bertz CT molecular complexity index is 490. The predicted molar refractivity (Wildman–Crippen MR) is 57.1 cm³/mol. The van der Waals surface area contributed by atoms with Crippen molar-refractivity contribution in [3.63, 3.8) is 0 Å². The predicted octanol–water partition coefficient (Wildman–Crippen LogP) is 0.449. The van der Waals surface area contributed by atoms with Gasteiger partial charge < -0.3 is 15.5 Å². The molecule has 1 atom stereocenters. The van der Waals surface area contributed by atoms with Crippen LogP contribution >= 0.6 is 0 Å². The zero-order valence-electron chi connectivity index (χ0n) is 9.41. The molecule has 0 unspecified atom stereocenters. The van der Waals surface area contributed by atoms with Crippen LogP contribution in [0.4, 0.5) is 8.78 Å². The van der Waals surface area contributed by atoms with Crippen LogP contribution in [0.15, 0.2) is 12.1 Å². The molecule has 1 aromatic rings. The molecule has 0 aliphatic carbocycles. The topological polar surface area (TPSA) is 86.6 Å². The lowest BCUT2D eigenvalue weighted by atomic mass is 10.1. The zero-order chi connectivity index (χ0) is 13.9. The Labute approximate surface area is 101 Å². The Hall–Kier alpha value is -2.02. The fraction of sp³-hybridized carbons (Fsp3) is 0.273. The van der Waals surface area contributed by atoms with Gasteiger partial charge in [-0.25, -0.2) is 13.6 Å². The molecular formula is C11H11F2NO4. The van der Waals surface area contributed by atoms with Crippen molar-refractivity contribution in [3.05, 3.63) is 34.9 Å². The van der Waals surface area contributed by atoms with Gasteiger partial charge in [0.15, 0.2) is 6.04 Å². The smallest absolute Gasteiger partial charge is 0.328 e. The Morgan fingerprint density at radius 3 is 2.44 bits per heavy atom. The molecule has 1 rings (SSSR count). The van der Waals surface area contributed by atoms with Gasteiger partial charge in [-0.15, -0.1) is 0 Å². The Kier molecular flexibility index (Phi) is 4.33. The maximum Gasteiger partial charge on any atom is 0.328 e. The lowest BCUT2D eigenvalue weighted by molar-refractivity contribution is -0.140. The number of halogens is 2. The fourth-order valence-electron chi connectivity index (χ4n) is 1.25. The molecule has 0 saturated carbocycles. The quantitative estimate of drug-likeness (QED) is 0.732. The van der Waals surface area contributed by atoms with E-state index in [1.54, 1.807) is 0 Å². The van der Waals surface area contributed by atoms with Crippen molar-refractivity contribution in [1.29, 1.82) is 0 Å². The third kappa shape index (κ3) is 3.01. The molecule has 1 amide bonds. The second kappa shape index (κ2) is 5.54. The summed E-state index contributed by atoms with van der Waals surface area (Å²) in [7, 11) is 0. The van der Waals surface area contributed by atoms with Crippen LogP contribution in [0.25, 0.3) is 0 Å². The van der Waals surface area contributed by atoms with Gasteiger partial charge >= 0.3 is 5.97 Å². The maximum atomic E-state index is 13.3. The number of hydrogen-bond acceptors (Lipinski definition) is 3. The molecule has 5 nitrogen and oxygen atoms in total. The molecule has 0 radical (unpaired) electrons. The SMILES string of the molecule is Cc1cc(C(=O)N[C@H](CO)C(=O)O)c(F)cc1F. The highest BCUT2D eigenvalue weighted by atomic mass is 19.1. The molecule has 1 aromatic carbocycles. The van der Waals surface area contributed by atoms with Crippen molar-refractivity contribution >= 4 is 11.9 Å². The summed E-state index contributed by atoms with van der Waals surface area (Å²) >= 11 is 0. The minimum atomic E-state index is -1.54. The number of aliphatic hydroxyl groups is 1. The molecule has 0 aliphatic rings. The van der Waals surface area contributed by atoms with Gasteiger partial charge in [-0.3, -0.25) is 4.79 Å². The fourth-order valence-corrected chi connectivity index (χ4v) is 1.25. The summed E-state index contributed by atoms with van der Waals surface area (Å²) in [5.41, 5.74) is -0.425. The van der Waals surface area contributed by atoms with Gasteiger partial charge in [0.05, 0.1) is 12.2 Å². The normalized spacial score (nSPS) is 12.0. The van der Waals surface area contributed by atoms with Crippen molar-refractivity contribution in [2.45, 2.75) is 13.0 Å². The Balaban J connectivity index is 2.97. The van der Waals surface area contributed by atoms with E-state index in [0.717, 1.165) is 6.07 Å². The molecule has 18 heavy (non-hydrogen) atoms. The monoisotopic (exact) mass is 259 g/mol.